The van der Waals surface area contributed by atoms with Gasteiger partial charge in [-0.05, 0) is 61.2 Å². The van der Waals surface area contributed by atoms with Gasteiger partial charge < -0.3 is 15.0 Å². The van der Waals surface area contributed by atoms with Crippen LogP contribution in [0.4, 0.5) is 5.69 Å². The van der Waals surface area contributed by atoms with Gasteiger partial charge in [-0.25, -0.2) is 0 Å². The summed E-state index contributed by atoms with van der Waals surface area (Å²) in [6.07, 6.45) is 1.27. The number of aryl methyl sites for hydroxylation is 2. The zero-order chi connectivity index (χ0) is 23.4. The second kappa shape index (κ2) is 9.90. The van der Waals surface area contributed by atoms with E-state index in [0.29, 0.717) is 18.7 Å². The predicted molar refractivity (Wildman–Crippen MR) is 130 cm³/mol. The highest BCUT2D eigenvalue weighted by Crippen LogP contribution is 2.37. The Morgan fingerprint density at radius 2 is 1.64 bits per heavy atom. The summed E-state index contributed by atoms with van der Waals surface area (Å²) >= 11 is 0. The minimum atomic E-state index is -0.213. The fraction of sp³-hybridized carbons (Fsp3) is 0.286. The number of ether oxygens (including phenoxy) is 1. The molecule has 5 nitrogen and oxygen atoms in total. The number of benzene rings is 3. The van der Waals surface area contributed by atoms with Gasteiger partial charge in [-0.1, -0.05) is 60.5 Å². The van der Waals surface area contributed by atoms with Crippen molar-refractivity contribution in [3.05, 3.63) is 94.5 Å². The zero-order valence-electron chi connectivity index (χ0n) is 19.4. The maximum atomic E-state index is 12.8. The Kier molecular flexibility index (Phi) is 6.78. The van der Waals surface area contributed by atoms with Crippen molar-refractivity contribution in [3.63, 3.8) is 0 Å². The number of hydrogen-bond acceptors (Lipinski definition) is 3. The van der Waals surface area contributed by atoms with E-state index in [4.69, 9.17) is 4.74 Å². The van der Waals surface area contributed by atoms with Gasteiger partial charge in [-0.15, -0.1) is 0 Å². The Morgan fingerprint density at radius 1 is 0.970 bits per heavy atom. The van der Waals surface area contributed by atoms with Crippen molar-refractivity contribution in [3.8, 4) is 5.75 Å². The van der Waals surface area contributed by atoms with E-state index in [9.17, 15) is 9.59 Å². The molecule has 0 aromatic heterocycles. The molecule has 1 N–H and O–H groups in total. The quantitative estimate of drug-likeness (QED) is 0.570. The van der Waals surface area contributed by atoms with Gasteiger partial charge in [0.25, 0.3) is 5.91 Å². The molecule has 0 aliphatic carbocycles. The van der Waals surface area contributed by atoms with Crippen molar-refractivity contribution in [1.82, 2.24) is 4.90 Å². The van der Waals surface area contributed by atoms with Crippen LogP contribution >= 0.6 is 0 Å². The number of carbonyl (C=O) groups is 2. The molecular formula is C28H30N2O3. The SMILES string of the molecule is CCC(=O)N1CCc2ccc(OCC(=O)Nc3ccc(C)cc3)cc2[C@@H]1c1ccc(C)cc1. The lowest BCUT2D eigenvalue weighted by molar-refractivity contribution is -0.132. The molecule has 0 unspecified atom stereocenters. The smallest absolute Gasteiger partial charge is 0.262 e. The molecule has 0 fully saturated rings. The van der Waals surface area contributed by atoms with Crippen molar-refractivity contribution in [2.45, 2.75) is 39.7 Å². The zero-order valence-corrected chi connectivity index (χ0v) is 19.4. The van der Waals surface area contributed by atoms with Crippen LogP contribution in [0.15, 0.2) is 66.7 Å². The monoisotopic (exact) mass is 442 g/mol. The maximum Gasteiger partial charge on any atom is 0.262 e. The molecule has 0 spiro atoms. The number of carbonyl (C=O) groups excluding carboxylic acids is 2. The van der Waals surface area contributed by atoms with Crippen LogP contribution < -0.4 is 10.1 Å². The molecule has 0 bridgehead atoms. The number of anilines is 1. The predicted octanol–water partition coefficient (Wildman–Crippen LogP) is 5.21. The lowest BCUT2D eigenvalue weighted by Crippen LogP contribution is -2.40. The van der Waals surface area contributed by atoms with E-state index in [1.54, 1.807) is 0 Å². The van der Waals surface area contributed by atoms with E-state index >= 15 is 0 Å². The van der Waals surface area contributed by atoms with E-state index in [1.807, 2.05) is 55.1 Å². The molecule has 1 aliphatic rings. The molecule has 170 valence electrons. The van der Waals surface area contributed by atoms with Crippen LogP contribution in [-0.4, -0.2) is 29.9 Å². The van der Waals surface area contributed by atoms with Crippen molar-refractivity contribution in [2.75, 3.05) is 18.5 Å². The topological polar surface area (TPSA) is 58.6 Å². The number of hydrogen-bond donors (Lipinski definition) is 1. The Bertz CT molecular complexity index is 1140. The number of nitrogens with zero attached hydrogens (tertiary/aromatic N) is 1. The first-order valence-corrected chi connectivity index (χ1v) is 11.4. The molecule has 1 atom stereocenters. The molecule has 0 saturated heterocycles. The van der Waals surface area contributed by atoms with Crippen LogP contribution in [-0.2, 0) is 16.0 Å². The summed E-state index contributed by atoms with van der Waals surface area (Å²) in [6.45, 7) is 6.57. The van der Waals surface area contributed by atoms with E-state index in [0.717, 1.165) is 28.8 Å². The third kappa shape index (κ3) is 5.25. The van der Waals surface area contributed by atoms with Gasteiger partial charge in [0.15, 0.2) is 6.61 Å². The van der Waals surface area contributed by atoms with Crippen LogP contribution in [0.25, 0.3) is 0 Å². The van der Waals surface area contributed by atoms with E-state index in [1.165, 1.54) is 11.1 Å². The van der Waals surface area contributed by atoms with Gasteiger partial charge in [-0.3, -0.25) is 9.59 Å². The van der Waals surface area contributed by atoms with E-state index in [2.05, 4.69) is 42.6 Å². The fourth-order valence-electron chi connectivity index (χ4n) is 4.25. The minimum absolute atomic E-state index is 0.0839. The first-order valence-electron chi connectivity index (χ1n) is 11.4. The molecule has 1 heterocycles. The van der Waals surface area contributed by atoms with Crippen LogP contribution in [0.1, 0.15) is 47.2 Å². The van der Waals surface area contributed by atoms with Gasteiger partial charge in [0.2, 0.25) is 5.91 Å². The Hall–Kier alpha value is -3.60. The van der Waals surface area contributed by atoms with Crippen molar-refractivity contribution < 1.29 is 14.3 Å². The summed E-state index contributed by atoms with van der Waals surface area (Å²) in [5.41, 5.74) is 6.41. The lowest BCUT2D eigenvalue weighted by Gasteiger charge is -2.38. The van der Waals surface area contributed by atoms with Crippen molar-refractivity contribution in [2.24, 2.45) is 0 Å². The molecule has 3 aromatic carbocycles. The number of nitrogens with one attached hydrogen (secondary N) is 1. The summed E-state index contributed by atoms with van der Waals surface area (Å²) < 4.78 is 5.84. The molecule has 33 heavy (non-hydrogen) atoms. The van der Waals surface area contributed by atoms with Gasteiger partial charge in [0, 0.05) is 18.7 Å². The van der Waals surface area contributed by atoms with Gasteiger partial charge >= 0.3 is 0 Å². The molecule has 4 rings (SSSR count). The first-order chi connectivity index (χ1) is 15.9. The Labute approximate surface area is 195 Å². The number of fused-ring (bicyclic) bond motifs is 1. The van der Waals surface area contributed by atoms with Gasteiger partial charge in [-0.2, -0.15) is 0 Å². The Morgan fingerprint density at radius 3 is 2.30 bits per heavy atom. The average molecular weight is 443 g/mol. The summed E-state index contributed by atoms with van der Waals surface area (Å²) in [5.74, 6) is 0.542. The highest BCUT2D eigenvalue weighted by atomic mass is 16.5. The maximum absolute atomic E-state index is 12.8. The van der Waals surface area contributed by atoms with E-state index in [-0.39, 0.29) is 24.5 Å². The summed E-state index contributed by atoms with van der Waals surface area (Å²) in [5, 5.41) is 2.85. The molecule has 1 aliphatic heterocycles. The molecule has 0 radical (unpaired) electrons. The number of amides is 2. The number of rotatable bonds is 6. The fourth-order valence-corrected chi connectivity index (χ4v) is 4.25. The Balaban J connectivity index is 1.55. The largest absolute Gasteiger partial charge is 0.484 e. The third-order valence-electron chi connectivity index (χ3n) is 6.07. The van der Waals surface area contributed by atoms with Crippen LogP contribution in [0.3, 0.4) is 0 Å². The summed E-state index contributed by atoms with van der Waals surface area (Å²) in [6, 6.07) is 21.8. The van der Waals surface area contributed by atoms with Crippen molar-refractivity contribution in [1.29, 1.82) is 0 Å². The first kappa shape index (κ1) is 22.6. The standard InChI is InChI=1S/C28H30N2O3/c1-4-27(32)30-16-15-21-11-14-24(17-25(21)28(30)22-9-5-19(2)6-10-22)33-18-26(31)29-23-12-7-20(3)8-13-23/h5-14,17,28H,4,15-16,18H2,1-3H3,(H,29,31)/t28-/m0/s1. The van der Waals surface area contributed by atoms with Crippen LogP contribution in [0, 0.1) is 13.8 Å². The molecule has 2 amide bonds. The molecule has 3 aromatic rings. The lowest BCUT2D eigenvalue weighted by atomic mass is 9.87. The normalized spacial score (nSPS) is 15.0. The summed E-state index contributed by atoms with van der Waals surface area (Å²) in [4.78, 5) is 27.1. The molecule has 0 saturated carbocycles. The second-order valence-corrected chi connectivity index (χ2v) is 8.57. The molecule has 5 heteroatoms. The second-order valence-electron chi connectivity index (χ2n) is 8.57. The third-order valence-corrected chi connectivity index (χ3v) is 6.07. The van der Waals surface area contributed by atoms with Gasteiger partial charge in [0.05, 0.1) is 6.04 Å². The van der Waals surface area contributed by atoms with Crippen LogP contribution in [0.2, 0.25) is 0 Å². The average Bonchev–Trinajstić information content (AvgIpc) is 2.83. The highest BCUT2D eigenvalue weighted by Gasteiger charge is 2.31. The van der Waals surface area contributed by atoms with E-state index < -0.39 is 0 Å². The molecular weight excluding hydrogens is 412 g/mol. The van der Waals surface area contributed by atoms with Crippen LogP contribution in [0.5, 0.6) is 5.75 Å². The van der Waals surface area contributed by atoms with Gasteiger partial charge in [0.1, 0.15) is 5.75 Å². The minimum Gasteiger partial charge on any atom is -0.484 e. The van der Waals surface area contributed by atoms with Crippen molar-refractivity contribution >= 4 is 17.5 Å². The highest BCUT2D eigenvalue weighted by molar-refractivity contribution is 5.91. The summed E-state index contributed by atoms with van der Waals surface area (Å²) in [7, 11) is 0.